The minimum Gasteiger partial charge on any atom is -0.497 e. The maximum Gasteiger partial charge on any atom is 0.223 e. The van der Waals surface area contributed by atoms with E-state index < -0.39 is 36.9 Å². The summed E-state index contributed by atoms with van der Waals surface area (Å²) in [5.74, 6) is 0.893. The number of rotatable bonds is 5. The van der Waals surface area contributed by atoms with Crippen molar-refractivity contribution in [2.75, 3.05) is 13.7 Å². The van der Waals surface area contributed by atoms with E-state index in [4.69, 9.17) is 23.7 Å². The Kier molecular flexibility index (Phi) is 6.19. The minimum atomic E-state index is -1.05. The molecule has 0 unspecified atom stereocenters. The molecule has 8 nitrogen and oxygen atoms in total. The average Bonchev–Trinajstić information content (AvgIpc) is 2.77. The Labute approximate surface area is 174 Å². The van der Waals surface area contributed by atoms with Crippen LogP contribution in [-0.2, 0) is 19.0 Å². The van der Waals surface area contributed by atoms with E-state index in [0.717, 1.165) is 5.56 Å². The van der Waals surface area contributed by atoms with Crippen LogP contribution < -0.4 is 14.8 Å². The van der Waals surface area contributed by atoms with Crippen molar-refractivity contribution >= 4 is 5.91 Å². The van der Waals surface area contributed by atoms with Crippen LogP contribution >= 0.6 is 0 Å². The summed E-state index contributed by atoms with van der Waals surface area (Å²) in [7, 11) is 1.58. The Bertz CT molecular complexity index is 844. The Balaban J connectivity index is 1.51. The molecule has 4 rings (SSSR count). The summed E-state index contributed by atoms with van der Waals surface area (Å²) < 4.78 is 28.9. The number of nitrogens with one attached hydrogen (secondary N) is 1. The van der Waals surface area contributed by atoms with E-state index in [2.05, 4.69) is 5.32 Å². The van der Waals surface area contributed by atoms with Crippen LogP contribution in [0.1, 0.15) is 18.8 Å². The highest BCUT2D eigenvalue weighted by molar-refractivity contribution is 5.73. The number of carbonyl (C=O) groups excluding carboxylic acids is 1. The Morgan fingerprint density at radius 3 is 2.43 bits per heavy atom. The largest absolute Gasteiger partial charge is 0.497 e. The molecule has 160 valence electrons. The average molecular weight is 415 g/mol. The Morgan fingerprint density at radius 1 is 1.07 bits per heavy atom. The lowest BCUT2D eigenvalue weighted by molar-refractivity contribution is -0.333. The number of carbonyl (C=O) groups is 1. The molecular formula is C22H25NO7. The molecule has 2 aliphatic heterocycles. The number of methoxy groups -OCH3 is 1. The number of amides is 1. The first-order valence-corrected chi connectivity index (χ1v) is 9.78. The van der Waals surface area contributed by atoms with Gasteiger partial charge in [-0.3, -0.25) is 4.79 Å². The number of ether oxygens (including phenoxy) is 5. The molecule has 0 saturated carbocycles. The minimum absolute atomic E-state index is 0.219. The smallest absolute Gasteiger partial charge is 0.223 e. The van der Waals surface area contributed by atoms with Crippen molar-refractivity contribution in [1.29, 1.82) is 0 Å². The van der Waals surface area contributed by atoms with E-state index in [1.807, 2.05) is 30.3 Å². The lowest BCUT2D eigenvalue weighted by Crippen LogP contribution is -2.67. The third kappa shape index (κ3) is 4.41. The summed E-state index contributed by atoms with van der Waals surface area (Å²) in [6.07, 6.45) is -3.82. The van der Waals surface area contributed by atoms with E-state index in [-0.39, 0.29) is 12.5 Å². The number of fused-ring (bicyclic) bond motifs is 1. The van der Waals surface area contributed by atoms with Crippen molar-refractivity contribution < 1.29 is 33.6 Å². The fourth-order valence-electron chi connectivity index (χ4n) is 3.65. The molecule has 2 aromatic rings. The molecular weight excluding hydrogens is 390 g/mol. The molecule has 2 saturated heterocycles. The van der Waals surface area contributed by atoms with E-state index in [1.165, 1.54) is 6.92 Å². The Morgan fingerprint density at radius 2 is 1.77 bits per heavy atom. The molecule has 2 N–H and O–H groups in total. The van der Waals surface area contributed by atoms with Crippen molar-refractivity contribution in [2.45, 2.75) is 43.9 Å². The van der Waals surface area contributed by atoms with E-state index >= 15 is 0 Å². The summed E-state index contributed by atoms with van der Waals surface area (Å²) in [5, 5.41) is 13.8. The Hall–Kier alpha value is -2.65. The highest BCUT2D eigenvalue weighted by Gasteiger charge is 2.50. The van der Waals surface area contributed by atoms with Crippen LogP contribution in [0.25, 0.3) is 0 Å². The molecule has 0 spiro atoms. The van der Waals surface area contributed by atoms with Gasteiger partial charge in [0.1, 0.15) is 35.9 Å². The van der Waals surface area contributed by atoms with Crippen molar-refractivity contribution in [2.24, 2.45) is 0 Å². The summed E-state index contributed by atoms with van der Waals surface area (Å²) in [6, 6.07) is 15.6. The lowest BCUT2D eigenvalue weighted by atomic mass is 9.95. The molecule has 2 aliphatic rings. The van der Waals surface area contributed by atoms with Crippen LogP contribution in [-0.4, -0.2) is 55.4 Å². The predicted molar refractivity (Wildman–Crippen MR) is 106 cm³/mol. The van der Waals surface area contributed by atoms with Gasteiger partial charge in [-0.05, 0) is 24.3 Å². The molecule has 8 heteroatoms. The fraction of sp³-hybridized carbons (Fsp3) is 0.409. The first kappa shape index (κ1) is 20.6. The first-order valence-electron chi connectivity index (χ1n) is 9.78. The third-order valence-corrected chi connectivity index (χ3v) is 5.12. The van der Waals surface area contributed by atoms with Gasteiger partial charge in [-0.1, -0.05) is 30.3 Å². The molecule has 0 bridgehead atoms. The monoisotopic (exact) mass is 415 g/mol. The van der Waals surface area contributed by atoms with Crippen molar-refractivity contribution in [3.63, 3.8) is 0 Å². The summed E-state index contributed by atoms with van der Waals surface area (Å²) in [6.45, 7) is 1.59. The van der Waals surface area contributed by atoms with Gasteiger partial charge in [0, 0.05) is 12.5 Å². The van der Waals surface area contributed by atoms with E-state index in [1.54, 1.807) is 31.4 Å². The second-order valence-corrected chi connectivity index (χ2v) is 7.23. The van der Waals surface area contributed by atoms with Gasteiger partial charge in [-0.2, -0.15) is 0 Å². The van der Waals surface area contributed by atoms with E-state index in [0.29, 0.717) is 11.5 Å². The number of aliphatic hydroxyl groups is 1. The molecule has 0 aliphatic carbocycles. The lowest BCUT2D eigenvalue weighted by Gasteiger charge is -2.47. The zero-order valence-corrected chi connectivity index (χ0v) is 16.8. The normalized spacial score (nSPS) is 30.8. The molecule has 0 aromatic heterocycles. The summed E-state index contributed by atoms with van der Waals surface area (Å²) >= 11 is 0. The summed E-state index contributed by atoms with van der Waals surface area (Å²) in [5.41, 5.74) is 0.843. The maximum absolute atomic E-state index is 11.8. The van der Waals surface area contributed by atoms with Crippen molar-refractivity contribution in [3.05, 3.63) is 60.2 Å². The maximum atomic E-state index is 11.8. The van der Waals surface area contributed by atoms with Crippen LogP contribution in [0.5, 0.6) is 11.5 Å². The number of aliphatic hydroxyl groups excluding tert-OH is 1. The van der Waals surface area contributed by atoms with Gasteiger partial charge in [-0.25, -0.2) is 0 Å². The van der Waals surface area contributed by atoms with Gasteiger partial charge in [0.15, 0.2) is 6.29 Å². The molecule has 1 amide bonds. The number of hydrogen-bond acceptors (Lipinski definition) is 7. The van der Waals surface area contributed by atoms with Crippen molar-refractivity contribution in [3.8, 4) is 11.5 Å². The molecule has 6 atom stereocenters. The zero-order chi connectivity index (χ0) is 21.1. The van der Waals surface area contributed by atoms with Gasteiger partial charge in [0.2, 0.25) is 12.2 Å². The molecule has 0 radical (unpaired) electrons. The third-order valence-electron chi connectivity index (χ3n) is 5.12. The highest BCUT2D eigenvalue weighted by atomic mass is 16.7. The van der Waals surface area contributed by atoms with Gasteiger partial charge < -0.3 is 34.1 Å². The summed E-state index contributed by atoms with van der Waals surface area (Å²) in [4.78, 5) is 11.8. The van der Waals surface area contributed by atoms with Crippen LogP contribution in [0, 0.1) is 0 Å². The molecule has 30 heavy (non-hydrogen) atoms. The van der Waals surface area contributed by atoms with Gasteiger partial charge in [-0.15, -0.1) is 0 Å². The molecule has 2 fully saturated rings. The van der Waals surface area contributed by atoms with Gasteiger partial charge in [0.25, 0.3) is 0 Å². The van der Waals surface area contributed by atoms with Crippen LogP contribution in [0.3, 0.4) is 0 Å². The molecule has 2 heterocycles. The van der Waals surface area contributed by atoms with Crippen LogP contribution in [0.2, 0.25) is 0 Å². The topological polar surface area (TPSA) is 95.5 Å². The van der Waals surface area contributed by atoms with Gasteiger partial charge in [0.05, 0.1) is 13.7 Å². The quantitative estimate of drug-likeness (QED) is 0.769. The number of benzene rings is 2. The molecule has 2 aromatic carbocycles. The zero-order valence-electron chi connectivity index (χ0n) is 16.8. The first-order chi connectivity index (χ1) is 14.5. The predicted octanol–water partition coefficient (Wildman–Crippen LogP) is 1.78. The van der Waals surface area contributed by atoms with Crippen molar-refractivity contribution in [1.82, 2.24) is 5.32 Å². The fourth-order valence-corrected chi connectivity index (χ4v) is 3.65. The second kappa shape index (κ2) is 9.01. The highest BCUT2D eigenvalue weighted by Crippen LogP contribution is 2.35. The van der Waals surface area contributed by atoms with Crippen LogP contribution in [0.4, 0.5) is 0 Å². The van der Waals surface area contributed by atoms with E-state index in [9.17, 15) is 9.90 Å². The SMILES string of the molecule is COc1ccc(O[C@H]2O[C@H]3CO[C@@H](c4ccccc4)O[C@@H]3[C@@H](O)[C@@H]2NC(C)=O)cc1. The van der Waals surface area contributed by atoms with Crippen LogP contribution in [0.15, 0.2) is 54.6 Å². The van der Waals surface area contributed by atoms with Gasteiger partial charge >= 0.3 is 0 Å². The standard InChI is InChI=1S/C22H25NO7/c1-13(24)23-18-19(25)20-17(12-27-21(30-20)14-6-4-3-5-7-14)29-22(18)28-16-10-8-15(26-2)9-11-16/h3-11,17-22,25H,12H2,1-2H3,(H,23,24)/t17-,18-,19-,20-,21+,22-/m0/s1. The second-order valence-electron chi connectivity index (χ2n) is 7.23. The number of hydrogen-bond donors (Lipinski definition) is 2.